The molecule has 0 bridgehead atoms. The Morgan fingerprint density at radius 1 is 1.16 bits per heavy atom. The minimum Gasteiger partial charge on any atom is -0.493 e. The van der Waals surface area contributed by atoms with E-state index >= 15 is 0 Å². The van der Waals surface area contributed by atoms with Crippen LogP contribution >= 0.6 is 16.1 Å². The van der Waals surface area contributed by atoms with Crippen molar-refractivity contribution in [2.24, 2.45) is 4.02 Å². The van der Waals surface area contributed by atoms with Crippen LogP contribution in [0.4, 0.5) is 0 Å². The first kappa shape index (κ1) is 28.5. The summed E-state index contributed by atoms with van der Waals surface area (Å²) in [7, 11) is 3.19. The zero-order chi connectivity index (χ0) is 27.5. The van der Waals surface area contributed by atoms with Gasteiger partial charge >= 0.3 is 0 Å². The lowest BCUT2D eigenvalue weighted by molar-refractivity contribution is 0.0952. The predicted molar refractivity (Wildman–Crippen MR) is 149 cm³/mol. The van der Waals surface area contributed by atoms with Gasteiger partial charge in [-0.2, -0.15) is 4.02 Å². The second-order valence-electron chi connectivity index (χ2n) is 10.2. The van der Waals surface area contributed by atoms with E-state index in [9.17, 15) is 9.59 Å². The van der Waals surface area contributed by atoms with Crippen LogP contribution in [-0.4, -0.2) is 55.8 Å². The molecule has 0 fully saturated rings. The van der Waals surface area contributed by atoms with Crippen LogP contribution in [0.2, 0.25) is 0 Å². The van der Waals surface area contributed by atoms with E-state index in [4.69, 9.17) is 14.2 Å². The quantitative estimate of drug-likeness (QED) is 0.410. The van der Waals surface area contributed by atoms with Crippen LogP contribution in [0.1, 0.15) is 78.9 Å². The van der Waals surface area contributed by atoms with Crippen LogP contribution in [-0.2, 0) is 12.0 Å². The molecule has 2 aromatic rings. The summed E-state index contributed by atoms with van der Waals surface area (Å²) in [6.07, 6.45) is -0.0821. The molecule has 8 nitrogen and oxygen atoms in total. The van der Waals surface area contributed by atoms with E-state index in [-0.39, 0.29) is 29.8 Å². The van der Waals surface area contributed by atoms with E-state index in [1.807, 2.05) is 37.8 Å². The van der Waals surface area contributed by atoms with Gasteiger partial charge in [0, 0.05) is 30.3 Å². The molecule has 200 valence electrons. The van der Waals surface area contributed by atoms with Gasteiger partial charge in [-0.3, -0.25) is 9.59 Å². The number of carbonyl (C=O) groups is 2. The standard InChI is InChI=1S/C28H36BrN3O5/c1-9-36-23-12-18-14-32(26(31-29)19(18)13-20(23)27(34)30-7)15-22(33)17-10-21(28(4,5)6)25(35-8)24(11-17)37-16(2)3/h10-13,16H,9,14-15H2,1-8H3,(H,30,34). The Morgan fingerprint density at radius 2 is 1.86 bits per heavy atom. The highest BCUT2D eigenvalue weighted by Gasteiger charge is 2.31. The van der Waals surface area contributed by atoms with E-state index in [1.54, 1.807) is 26.3 Å². The zero-order valence-corrected chi connectivity index (χ0v) is 24.4. The number of hydrogen-bond donors (Lipinski definition) is 1. The number of ether oxygens (including phenoxy) is 3. The number of methoxy groups -OCH3 is 1. The number of amidine groups is 1. The maximum Gasteiger partial charge on any atom is 0.254 e. The van der Waals surface area contributed by atoms with Crippen molar-refractivity contribution in [1.29, 1.82) is 0 Å². The maximum absolute atomic E-state index is 13.6. The fourth-order valence-corrected chi connectivity index (χ4v) is 4.78. The summed E-state index contributed by atoms with van der Waals surface area (Å²) in [5.41, 5.74) is 3.29. The summed E-state index contributed by atoms with van der Waals surface area (Å²) >= 11 is 3.22. The highest BCUT2D eigenvalue weighted by molar-refractivity contribution is 9.08. The summed E-state index contributed by atoms with van der Waals surface area (Å²) < 4.78 is 21.8. The van der Waals surface area contributed by atoms with Crippen molar-refractivity contribution >= 4 is 33.7 Å². The zero-order valence-electron chi connectivity index (χ0n) is 22.8. The third-order valence-electron chi connectivity index (χ3n) is 6.04. The topological polar surface area (TPSA) is 89.5 Å². The first-order valence-corrected chi connectivity index (χ1v) is 13.0. The SMILES string of the molecule is CCOc1cc2c(cc1C(=O)NC)C(=NBr)N(CC(=O)c1cc(OC(C)C)c(OC)c(C(C)(C)C)c1)C2. The number of amides is 1. The van der Waals surface area contributed by atoms with Crippen LogP contribution in [0, 0.1) is 0 Å². The van der Waals surface area contributed by atoms with Gasteiger partial charge in [0.05, 0.1) is 48.1 Å². The van der Waals surface area contributed by atoms with Gasteiger partial charge in [0.2, 0.25) is 0 Å². The van der Waals surface area contributed by atoms with Crippen molar-refractivity contribution in [3.63, 3.8) is 0 Å². The summed E-state index contributed by atoms with van der Waals surface area (Å²) in [5.74, 6) is 1.94. The van der Waals surface area contributed by atoms with Gasteiger partial charge in [-0.15, -0.1) is 0 Å². The molecule has 0 aliphatic carbocycles. The molecule has 37 heavy (non-hydrogen) atoms. The molecule has 0 saturated carbocycles. The molecule has 0 atom stereocenters. The number of nitrogens with one attached hydrogen (secondary N) is 1. The first-order valence-electron chi connectivity index (χ1n) is 12.3. The molecule has 3 rings (SSSR count). The van der Waals surface area contributed by atoms with Crippen LogP contribution in [0.15, 0.2) is 28.3 Å². The molecule has 2 aromatic carbocycles. The van der Waals surface area contributed by atoms with Crippen molar-refractivity contribution in [3.05, 3.63) is 52.1 Å². The lowest BCUT2D eigenvalue weighted by Gasteiger charge is -2.26. The van der Waals surface area contributed by atoms with Gasteiger partial charge in [0.1, 0.15) is 11.6 Å². The molecule has 1 N–H and O–H groups in total. The molecule has 0 spiro atoms. The monoisotopic (exact) mass is 573 g/mol. The Morgan fingerprint density at radius 3 is 2.41 bits per heavy atom. The van der Waals surface area contributed by atoms with Crippen LogP contribution in [0.3, 0.4) is 0 Å². The summed E-state index contributed by atoms with van der Waals surface area (Å²) in [4.78, 5) is 28.0. The average molecular weight is 575 g/mol. The Hall–Kier alpha value is -3.07. The predicted octanol–water partition coefficient (Wildman–Crippen LogP) is 5.29. The molecule has 1 amide bonds. The third-order valence-corrected chi connectivity index (χ3v) is 6.38. The van der Waals surface area contributed by atoms with Crippen LogP contribution in [0.25, 0.3) is 0 Å². The van der Waals surface area contributed by atoms with Crippen molar-refractivity contribution in [1.82, 2.24) is 10.2 Å². The molecule has 1 aliphatic rings. The molecule has 1 heterocycles. The Balaban J connectivity index is 1.99. The minimum atomic E-state index is -0.269. The lowest BCUT2D eigenvalue weighted by Crippen LogP contribution is -2.31. The van der Waals surface area contributed by atoms with Crippen LogP contribution < -0.4 is 19.5 Å². The Kier molecular flexibility index (Phi) is 8.89. The van der Waals surface area contributed by atoms with E-state index < -0.39 is 0 Å². The Labute approximate surface area is 227 Å². The van der Waals surface area contributed by atoms with Gasteiger partial charge < -0.3 is 24.4 Å². The van der Waals surface area contributed by atoms with Crippen LogP contribution in [0.5, 0.6) is 17.2 Å². The third kappa shape index (κ3) is 6.09. The number of Topliss-reactive ketones (excluding diaryl/α,β-unsaturated/α-hetero) is 1. The van der Waals surface area contributed by atoms with Crippen molar-refractivity contribution in [2.75, 3.05) is 27.3 Å². The second kappa shape index (κ2) is 11.5. The van der Waals surface area contributed by atoms with Crippen molar-refractivity contribution < 1.29 is 23.8 Å². The number of benzene rings is 2. The van der Waals surface area contributed by atoms with Gasteiger partial charge in [-0.1, -0.05) is 20.8 Å². The smallest absolute Gasteiger partial charge is 0.254 e. The molecular formula is C28H36BrN3O5. The van der Waals surface area contributed by atoms with Crippen molar-refractivity contribution in [3.8, 4) is 17.2 Å². The number of nitrogens with zero attached hydrogens (tertiary/aromatic N) is 2. The van der Waals surface area contributed by atoms with E-state index in [0.717, 1.165) is 16.7 Å². The van der Waals surface area contributed by atoms with Gasteiger partial charge in [0.15, 0.2) is 17.3 Å². The fraction of sp³-hybridized carbons (Fsp3) is 0.464. The van der Waals surface area contributed by atoms with E-state index in [2.05, 4.69) is 46.3 Å². The number of carbonyl (C=O) groups excluding carboxylic acids is 2. The van der Waals surface area contributed by atoms with Gasteiger partial charge in [0.25, 0.3) is 5.91 Å². The molecule has 1 aliphatic heterocycles. The molecule has 0 unspecified atom stereocenters. The second-order valence-corrected chi connectivity index (χ2v) is 10.5. The number of halogens is 1. The molecule has 0 radical (unpaired) electrons. The molecule has 0 saturated heterocycles. The lowest BCUT2D eigenvalue weighted by atomic mass is 9.84. The molecule has 0 aromatic heterocycles. The van der Waals surface area contributed by atoms with Gasteiger partial charge in [-0.05, 0) is 56.0 Å². The number of rotatable bonds is 9. The van der Waals surface area contributed by atoms with E-state index in [0.29, 0.717) is 47.4 Å². The minimum absolute atomic E-state index is 0.0821. The normalized spacial score (nSPS) is 14.1. The number of fused-ring (bicyclic) bond motifs is 1. The summed E-state index contributed by atoms with van der Waals surface area (Å²) in [6, 6.07) is 7.26. The number of hydrogen-bond acceptors (Lipinski definition) is 6. The van der Waals surface area contributed by atoms with Gasteiger partial charge in [-0.25, -0.2) is 0 Å². The maximum atomic E-state index is 13.6. The van der Waals surface area contributed by atoms with E-state index in [1.165, 1.54) is 0 Å². The molecule has 9 heteroatoms. The summed E-state index contributed by atoms with van der Waals surface area (Å²) in [6.45, 7) is 12.9. The average Bonchev–Trinajstić information content (AvgIpc) is 3.17. The summed E-state index contributed by atoms with van der Waals surface area (Å²) in [5, 5.41) is 2.65. The number of ketones is 1. The largest absolute Gasteiger partial charge is 0.493 e. The highest BCUT2D eigenvalue weighted by Crippen LogP contribution is 2.40. The van der Waals surface area contributed by atoms with Crippen molar-refractivity contribution in [2.45, 2.75) is 59.6 Å². The molecular weight excluding hydrogens is 538 g/mol. The Bertz CT molecular complexity index is 1220. The first-order chi connectivity index (χ1) is 17.4. The fourth-order valence-electron chi connectivity index (χ4n) is 4.37. The highest BCUT2D eigenvalue weighted by atomic mass is 79.9.